The topological polar surface area (TPSA) is 116 Å². The lowest BCUT2D eigenvalue weighted by molar-refractivity contribution is 0.432. The summed E-state index contributed by atoms with van der Waals surface area (Å²) in [5.74, 6) is 0.433. The molecule has 1 aromatic carbocycles. The molecule has 10 heteroatoms. The van der Waals surface area contributed by atoms with Crippen molar-refractivity contribution < 1.29 is 12.9 Å². The third kappa shape index (κ3) is 2.42. The van der Waals surface area contributed by atoms with Crippen LogP contribution in [0.15, 0.2) is 51.5 Å². The van der Waals surface area contributed by atoms with Crippen molar-refractivity contribution in [2.24, 2.45) is 5.14 Å². The first-order valence-corrected chi connectivity index (χ1v) is 8.78. The number of imidazole rings is 1. The monoisotopic (exact) mass is 347 g/mol. The summed E-state index contributed by atoms with van der Waals surface area (Å²) in [6, 6.07) is 11.3. The number of benzene rings is 1. The number of nitrogens with two attached hydrogens (primary N) is 1. The van der Waals surface area contributed by atoms with Crippen molar-refractivity contribution in [3.8, 4) is 22.7 Å². The molecule has 4 rings (SSSR count). The summed E-state index contributed by atoms with van der Waals surface area (Å²) in [6.07, 6.45) is 1.54. The fraction of sp³-hybridized carbons (Fsp3) is 0. The Hall–Kier alpha value is -2.56. The molecule has 3 heterocycles. The van der Waals surface area contributed by atoms with Gasteiger partial charge in [0.25, 0.3) is 10.0 Å². The van der Waals surface area contributed by atoms with Crippen molar-refractivity contribution in [3.05, 3.63) is 42.6 Å². The highest BCUT2D eigenvalue weighted by Gasteiger charge is 2.20. The third-order valence-electron chi connectivity index (χ3n) is 3.14. The largest absolute Gasteiger partial charge is 0.354 e. The molecule has 2 N–H and O–H groups in total. The number of hydrogen-bond acceptors (Lipinski definition) is 7. The smallest absolute Gasteiger partial charge is 0.267 e. The number of sulfonamides is 1. The van der Waals surface area contributed by atoms with Gasteiger partial charge in [0.15, 0.2) is 5.76 Å². The minimum atomic E-state index is -3.87. The van der Waals surface area contributed by atoms with E-state index in [2.05, 4.69) is 15.2 Å². The maximum atomic E-state index is 11.4. The molecule has 0 aliphatic rings. The van der Waals surface area contributed by atoms with Crippen LogP contribution in [-0.4, -0.2) is 28.2 Å². The zero-order chi connectivity index (χ0) is 16.0. The second-order valence-electron chi connectivity index (χ2n) is 4.69. The highest BCUT2D eigenvalue weighted by Crippen LogP contribution is 2.28. The fourth-order valence-electron chi connectivity index (χ4n) is 2.10. The normalized spacial score (nSPS) is 12.0. The Bertz CT molecular complexity index is 1100. The van der Waals surface area contributed by atoms with Gasteiger partial charge in [-0.2, -0.15) is 4.52 Å². The Morgan fingerprint density at radius 1 is 1.22 bits per heavy atom. The van der Waals surface area contributed by atoms with E-state index in [1.165, 1.54) is 4.52 Å². The Balaban J connectivity index is 1.81. The van der Waals surface area contributed by atoms with E-state index in [1.807, 2.05) is 30.3 Å². The molecule has 4 aromatic rings. The predicted molar refractivity (Wildman–Crippen MR) is 83.2 cm³/mol. The summed E-state index contributed by atoms with van der Waals surface area (Å²) in [5.41, 5.74) is 2.07. The van der Waals surface area contributed by atoms with Crippen LogP contribution in [0, 0.1) is 0 Å². The lowest BCUT2D eigenvalue weighted by Crippen LogP contribution is -2.12. The molecule has 23 heavy (non-hydrogen) atoms. The molecule has 3 aromatic heterocycles. The van der Waals surface area contributed by atoms with Crippen molar-refractivity contribution in [2.45, 2.75) is 4.34 Å². The number of rotatable bonds is 3. The molecular formula is C13H9N5O3S2. The van der Waals surface area contributed by atoms with Gasteiger partial charge in [0, 0.05) is 11.6 Å². The molecule has 0 saturated carbocycles. The molecule has 0 saturated heterocycles. The second kappa shape index (κ2) is 4.98. The Morgan fingerprint density at radius 3 is 2.74 bits per heavy atom. The molecule has 0 spiro atoms. The highest BCUT2D eigenvalue weighted by atomic mass is 32.2. The average Bonchev–Trinajstić information content (AvgIpc) is 3.22. The van der Waals surface area contributed by atoms with Gasteiger partial charge in [-0.1, -0.05) is 46.8 Å². The molecule has 0 bridgehead atoms. The van der Waals surface area contributed by atoms with E-state index >= 15 is 0 Å². The Kier molecular flexibility index (Phi) is 3.04. The standard InChI is InChI=1S/C13H9N5O3S2/c14-23(19,20)13-16-18-10(7-15-12(18)22-13)11-6-9(17-21-11)8-4-2-1-3-5-8/h1-7H,(H2,14,19,20). The zero-order valence-corrected chi connectivity index (χ0v) is 13.1. The number of fused-ring (bicyclic) bond motifs is 1. The Morgan fingerprint density at radius 2 is 2.00 bits per heavy atom. The van der Waals surface area contributed by atoms with Crippen LogP contribution in [-0.2, 0) is 10.0 Å². The molecule has 8 nitrogen and oxygen atoms in total. The van der Waals surface area contributed by atoms with Gasteiger partial charge in [-0.05, 0) is 0 Å². The van der Waals surface area contributed by atoms with Gasteiger partial charge in [0.1, 0.15) is 11.4 Å². The van der Waals surface area contributed by atoms with Gasteiger partial charge < -0.3 is 4.52 Å². The van der Waals surface area contributed by atoms with E-state index < -0.39 is 10.0 Å². The summed E-state index contributed by atoms with van der Waals surface area (Å²) in [5, 5.41) is 13.1. The van der Waals surface area contributed by atoms with Crippen LogP contribution >= 0.6 is 11.3 Å². The fourth-order valence-corrected chi connectivity index (χ4v) is 3.59. The summed E-state index contributed by atoms with van der Waals surface area (Å²) in [4.78, 5) is 4.53. The van der Waals surface area contributed by atoms with E-state index in [4.69, 9.17) is 9.66 Å². The van der Waals surface area contributed by atoms with Crippen LogP contribution in [0.25, 0.3) is 27.7 Å². The van der Waals surface area contributed by atoms with Gasteiger partial charge in [-0.3, -0.25) is 0 Å². The van der Waals surface area contributed by atoms with Crippen molar-refractivity contribution in [1.82, 2.24) is 19.8 Å². The molecule has 0 atom stereocenters. The minimum Gasteiger partial charge on any atom is -0.354 e. The molecule has 0 aliphatic heterocycles. The molecule has 0 fully saturated rings. The first-order valence-electron chi connectivity index (χ1n) is 6.42. The SMILES string of the molecule is NS(=O)(=O)c1nn2c(-c3cc(-c4ccccc4)no3)cnc2s1. The number of nitrogens with zero attached hydrogens (tertiary/aromatic N) is 4. The van der Waals surface area contributed by atoms with Gasteiger partial charge >= 0.3 is 0 Å². The summed E-state index contributed by atoms with van der Waals surface area (Å²) < 4.78 is 29.3. The summed E-state index contributed by atoms with van der Waals surface area (Å²) >= 11 is 0.889. The van der Waals surface area contributed by atoms with Crippen molar-refractivity contribution in [3.63, 3.8) is 0 Å². The molecule has 116 valence electrons. The van der Waals surface area contributed by atoms with Crippen molar-refractivity contribution in [1.29, 1.82) is 0 Å². The van der Waals surface area contributed by atoms with Crippen LogP contribution in [0.3, 0.4) is 0 Å². The minimum absolute atomic E-state index is 0.204. The van der Waals surface area contributed by atoms with E-state index in [1.54, 1.807) is 12.3 Å². The molecule has 0 aliphatic carbocycles. The lowest BCUT2D eigenvalue weighted by Gasteiger charge is -1.92. The van der Waals surface area contributed by atoms with Gasteiger partial charge in [0.05, 0.1) is 6.20 Å². The molecule has 0 radical (unpaired) electrons. The summed E-state index contributed by atoms with van der Waals surface area (Å²) in [7, 11) is -3.87. The van der Waals surface area contributed by atoms with Crippen LogP contribution in [0.4, 0.5) is 0 Å². The number of primary sulfonamides is 1. The Labute approximate surface area is 134 Å². The van der Waals surface area contributed by atoms with E-state index in [0.29, 0.717) is 22.1 Å². The lowest BCUT2D eigenvalue weighted by atomic mass is 10.1. The predicted octanol–water partition coefficient (Wildman–Crippen LogP) is 1.76. The van der Waals surface area contributed by atoms with E-state index in [0.717, 1.165) is 16.9 Å². The number of aromatic nitrogens is 4. The average molecular weight is 347 g/mol. The summed E-state index contributed by atoms with van der Waals surface area (Å²) in [6.45, 7) is 0. The highest BCUT2D eigenvalue weighted by molar-refractivity contribution is 7.91. The van der Waals surface area contributed by atoms with Crippen molar-refractivity contribution >= 4 is 26.3 Å². The third-order valence-corrected chi connectivity index (χ3v) is 5.38. The van der Waals surface area contributed by atoms with Crippen molar-refractivity contribution in [2.75, 3.05) is 0 Å². The van der Waals surface area contributed by atoms with Crippen LogP contribution in [0.1, 0.15) is 0 Å². The number of hydrogen-bond donors (Lipinski definition) is 1. The molecule has 0 unspecified atom stereocenters. The van der Waals surface area contributed by atoms with Gasteiger partial charge in [-0.15, -0.1) is 5.10 Å². The van der Waals surface area contributed by atoms with Crippen LogP contribution in [0.5, 0.6) is 0 Å². The first-order chi connectivity index (χ1) is 11.0. The molecule has 0 amide bonds. The second-order valence-corrected chi connectivity index (χ2v) is 7.38. The zero-order valence-electron chi connectivity index (χ0n) is 11.4. The maximum Gasteiger partial charge on any atom is 0.267 e. The van der Waals surface area contributed by atoms with E-state index in [9.17, 15) is 8.42 Å². The van der Waals surface area contributed by atoms with Crippen LogP contribution < -0.4 is 5.14 Å². The van der Waals surface area contributed by atoms with Gasteiger partial charge in [-0.25, -0.2) is 18.5 Å². The maximum absolute atomic E-state index is 11.4. The first kappa shape index (κ1) is 14.1. The quantitative estimate of drug-likeness (QED) is 0.603. The van der Waals surface area contributed by atoms with E-state index in [-0.39, 0.29) is 4.34 Å². The van der Waals surface area contributed by atoms with Gasteiger partial charge in [0.2, 0.25) is 9.30 Å². The molecular weight excluding hydrogens is 338 g/mol. The van der Waals surface area contributed by atoms with Crippen LogP contribution in [0.2, 0.25) is 0 Å².